The van der Waals surface area contributed by atoms with E-state index in [-0.39, 0.29) is 24.7 Å². The number of Topliss-reactive ketones (excluding diaryl/α,β-unsaturated/α-hetero) is 1. The van der Waals surface area contributed by atoms with E-state index in [2.05, 4.69) is 22.2 Å². The Morgan fingerprint density at radius 3 is 2.66 bits per heavy atom. The Labute approximate surface area is 228 Å². The zero-order valence-electron chi connectivity index (χ0n) is 22.0. The SMILES string of the molecule is COc1ccc(Cl)cc1CC(=O)CN1CCc2nc3ccccc3c(NCC(=O)N3CCN(C)CC3)c2C1. The van der Waals surface area contributed by atoms with Gasteiger partial charge >= 0.3 is 0 Å². The molecule has 2 aromatic carbocycles. The zero-order valence-corrected chi connectivity index (χ0v) is 22.8. The first-order chi connectivity index (χ1) is 18.4. The van der Waals surface area contributed by atoms with E-state index in [1.54, 1.807) is 25.3 Å². The maximum atomic E-state index is 13.1. The third kappa shape index (κ3) is 5.93. The summed E-state index contributed by atoms with van der Waals surface area (Å²) >= 11 is 6.16. The van der Waals surface area contributed by atoms with Crippen LogP contribution in [-0.4, -0.2) is 91.3 Å². The van der Waals surface area contributed by atoms with E-state index >= 15 is 0 Å². The molecule has 0 atom stereocenters. The number of para-hydroxylation sites is 1. The summed E-state index contributed by atoms with van der Waals surface area (Å²) in [6.07, 6.45) is 1.00. The standard InChI is InChI=1S/C29H34ClN5O3/c1-33-11-13-35(14-12-33)28(37)17-31-29-23-5-3-4-6-25(23)32-26-9-10-34(19-24(26)29)18-22(36)16-20-15-21(30)7-8-27(20)38-2/h3-8,15H,9-14,16-19H2,1-2H3,(H,31,32). The van der Waals surface area contributed by atoms with Crippen LogP contribution in [0.3, 0.4) is 0 Å². The molecular weight excluding hydrogens is 502 g/mol. The molecule has 0 bridgehead atoms. The van der Waals surface area contributed by atoms with Gasteiger partial charge in [0.15, 0.2) is 5.78 Å². The third-order valence-corrected chi connectivity index (χ3v) is 7.66. The number of carbonyl (C=O) groups excluding carboxylic acids is 2. The van der Waals surface area contributed by atoms with Crippen LogP contribution in [0.2, 0.25) is 5.02 Å². The van der Waals surface area contributed by atoms with Crippen molar-refractivity contribution in [3.63, 3.8) is 0 Å². The summed E-state index contributed by atoms with van der Waals surface area (Å²) in [5, 5.41) is 5.05. The summed E-state index contributed by atoms with van der Waals surface area (Å²) in [6.45, 7) is 5.18. The molecule has 1 fully saturated rings. The fraction of sp³-hybridized carbons (Fsp3) is 0.414. The van der Waals surface area contributed by atoms with Crippen LogP contribution in [0.5, 0.6) is 5.75 Å². The zero-order chi connectivity index (χ0) is 26.6. The number of halogens is 1. The van der Waals surface area contributed by atoms with Crippen LogP contribution < -0.4 is 10.1 Å². The lowest BCUT2D eigenvalue weighted by atomic mass is 9.99. The second-order valence-electron chi connectivity index (χ2n) is 10.1. The molecule has 0 saturated carbocycles. The van der Waals surface area contributed by atoms with Crippen LogP contribution in [0.25, 0.3) is 10.9 Å². The van der Waals surface area contributed by atoms with Crippen molar-refractivity contribution in [2.75, 3.05) is 65.3 Å². The summed E-state index contributed by atoms with van der Waals surface area (Å²) in [4.78, 5) is 37.3. The van der Waals surface area contributed by atoms with Crippen LogP contribution in [0, 0.1) is 0 Å². The first-order valence-corrected chi connectivity index (χ1v) is 13.5. The average Bonchev–Trinajstić information content (AvgIpc) is 2.91. The number of nitrogens with zero attached hydrogens (tertiary/aromatic N) is 4. The summed E-state index contributed by atoms with van der Waals surface area (Å²) < 4.78 is 5.42. The number of methoxy groups -OCH3 is 1. The molecule has 1 aromatic heterocycles. The number of pyridine rings is 1. The van der Waals surface area contributed by atoms with Gasteiger partial charge in [-0.2, -0.15) is 0 Å². The molecule has 0 radical (unpaired) electrons. The summed E-state index contributed by atoms with van der Waals surface area (Å²) in [5.41, 5.74) is 4.74. The topological polar surface area (TPSA) is 78.0 Å². The number of fused-ring (bicyclic) bond motifs is 2. The lowest BCUT2D eigenvalue weighted by Crippen LogP contribution is -2.48. The first-order valence-electron chi connectivity index (χ1n) is 13.1. The molecule has 0 aliphatic carbocycles. The maximum Gasteiger partial charge on any atom is 0.241 e. The molecule has 1 amide bonds. The van der Waals surface area contributed by atoms with Gasteiger partial charge in [0.25, 0.3) is 0 Å². The van der Waals surface area contributed by atoms with Crippen LogP contribution in [0.1, 0.15) is 16.8 Å². The molecule has 1 saturated heterocycles. The number of anilines is 1. The van der Waals surface area contributed by atoms with Gasteiger partial charge in [0.05, 0.1) is 31.4 Å². The number of likely N-dealkylation sites (N-methyl/N-ethyl adjacent to an activating group) is 1. The van der Waals surface area contributed by atoms with Crippen molar-refractivity contribution in [3.05, 3.63) is 64.3 Å². The number of hydrogen-bond donors (Lipinski definition) is 1. The van der Waals surface area contributed by atoms with Gasteiger partial charge in [-0.3, -0.25) is 19.5 Å². The summed E-state index contributed by atoms with van der Waals surface area (Å²) in [5.74, 6) is 0.868. The quantitative estimate of drug-likeness (QED) is 0.474. The number of aromatic nitrogens is 1. The number of carbonyl (C=O) groups is 2. The van der Waals surface area contributed by atoms with Crippen LogP contribution in [-0.2, 0) is 29.0 Å². The number of nitrogens with one attached hydrogen (secondary N) is 1. The van der Waals surface area contributed by atoms with Crippen molar-refractivity contribution in [2.24, 2.45) is 0 Å². The normalized spacial score (nSPS) is 16.3. The first kappa shape index (κ1) is 26.4. The molecule has 2 aliphatic rings. The molecule has 3 aromatic rings. The van der Waals surface area contributed by atoms with E-state index in [4.69, 9.17) is 21.3 Å². The Bertz CT molecular complexity index is 1340. The van der Waals surface area contributed by atoms with Gasteiger partial charge in [0.1, 0.15) is 5.75 Å². The van der Waals surface area contributed by atoms with Crippen LogP contribution in [0.15, 0.2) is 42.5 Å². The number of piperazine rings is 1. The number of amides is 1. The largest absolute Gasteiger partial charge is 0.496 e. The van der Waals surface area contributed by atoms with E-state index in [0.717, 1.165) is 72.6 Å². The van der Waals surface area contributed by atoms with Gasteiger partial charge in [0.2, 0.25) is 5.91 Å². The highest BCUT2D eigenvalue weighted by atomic mass is 35.5. The monoisotopic (exact) mass is 535 g/mol. The molecule has 1 N–H and O–H groups in total. The van der Waals surface area contributed by atoms with Crippen molar-refractivity contribution in [2.45, 2.75) is 19.4 Å². The summed E-state index contributed by atoms with van der Waals surface area (Å²) in [7, 11) is 3.68. The molecule has 0 unspecified atom stereocenters. The van der Waals surface area contributed by atoms with Crippen molar-refractivity contribution in [1.29, 1.82) is 0 Å². The van der Waals surface area contributed by atoms with Gasteiger partial charge in [0, 0.05) is 79.3 Å². The molecule has 3 heterocycles. The molecule has 38 heavy (non-hydrogen) atoms. The fourth-order valence-electron chi connectivity index (χ4n) is 5.32. The second kappa shape index (κ2) is 11.7. The highest BCUT2D eigenvalue weighted by Gasteiger charge is 2.25. The number of ketones is 1. The van der Waals surface area contributed by atoms with E-state index < -0.39 is 0 Å². The molecular formula is C29H34ClN5O3. The third-order valence-electron chi connectivity index (χ3n) is 7.43. The number of benzene rings is 2. The minimum absolute atomic E-state index is 0.0996. The van der Waals surface area contributed by atoms with Crippen LogP contribution >= 0.6 is 11.6 Å². The Morgan fingerprint density at radius 2 is 1.87 bits per heavy atom. The maximum absolute atomic E-state index is 13.1. The predicted molar refractivity (Wildman–Crippen MR) is 150 cm³/mol. The Kier molecular flexibility index (Phi) is 8.12. The van der Waals surface area contributed by atoms with Crippen molar-refractivity contribution in [3.8, 4) is 5.75 Å². The molecule has 200 valence electrons. The Hall–Kier alpha value is -3.20. The molecule has 8 nitrogen and oxygen atoms in total. The number of ether oxygens (including phenoxy) is 1. The van der Waals surface area contributed by atoms with Crippen LogP contribution in [0.4, 0.5) is 5.69 Å². The molecule has 9 heteroatoms. The van der Waals surface area contributed by atoms with Gasteiger partial charge in [-0.15, -0.1) is 0 Å². The minimum Gasteiger partial charge on any atom is -0.496 e. The van der Waals surface area contributed by atoms with Crippen molar-refractivity contribution >= 4 is 39.9 Å². The Morgan fingerprint density at radius 1 is 1.08 bits per heavy atom. The Balaban J connectivity index is 1.32. The van der Waals surface area contributed by atoms with Gasteiger partial charge < -0.3 is 19.9 Å². The molecule has 2 aliphatic heterocycles. The lowest BCUT2D eigenvalue weighted by Gasteiger charge is -2.33. The van der Waals surface area contributed by atoms with E-state index in [1.807, 2.05) is 29.2 Å². The number of hydrogen-bond acceptors (Lipinski definition) is 7. The highest BCUT2D eigenvalue weighted by Crippen LogP contribution is 2.32. The van der Waals surface area contributed by atoms with Gasteiger partial charge in [-0.25, -0.2) is 0 Å². The van der Waals surface area contributed by atoms with Gasteiger partial charge in [-0.05, 0) is 31.3 Å². The molecule has 0 spiro atoms. The van der Waals surface area contributed by atoms with E-state index in [1.165, 1.54) is 0 Å². The summed E-state index contributed by atoms with van der Waals surface area (Å²) in [6, 6.07) is 13.4. The van der Waals surface area contributed by atoms with Crippen molar-refractivity contribution < 1.29 is 14.3 Å². The van der Waals surface area contributed by atoms with E-state index in [0.29, 0.717) is 23.9 Å². The van der Waals surface area contributed by atoms with Gasteiger partial charge in [-0.1, -0.05) is 29.8 Å². The van der Waals surface area contributed by atoms with Crippen molar-refractivity contribution in [1.82, 2.24) is 19.7 Å². The predicted octanol–water partition coefficient (Wildman–Crippen LogP) is 3.25. The second-order valence-corrected chi connectivity index (χ2v) is 10.5. The fourth-order valence-corrected chi connectivity index (χ4v) is 5.51. The lowest BCUT2D eigenvalue weighted by molar-refractivity contribution is -0.130. The van der Waals surface area contributed by atoms with E-state index in [9.17, 15) is 9.59 Å². The highest BCUT2D eigenvalue weighted by molar-refractivity contribution is 6.30. The smallest absolute Gasteiger partial charge is 0.241 e. The number of rotatable bonds is 8. The molecule has 5 rings (SSSR count). The minimum atomic E-state index is 0.0996. The average molecular weight is 536 g/mol.